The highest BCUT2D eigenvalue weighted by atomic mass is 79.9. The molecule has 0 N–H and O–H groups in total. The number of ether oxygens (including phenoxy) is 2. The fraction of sp³-hybridized carbons (Fsp3) is 0.417. The molecule has 3 rings (SSSR count). The first kappa shape index (κ1) is 23.1. The van der Waals surface area contributed by atoms with E-state index in [-0.39, 0.29) is 24.4 Å². The maximum absolute atomic E-state index is 13.3. The lowest BCUT2D eigenvalue weighted by Crippen LogP contribution is -2.46. The van der Waals surface area contributed by atoms with E-state index in [0.29, 0.717) is 30.2 Å². The Labute approximate surface area is 192 Å². The smallest absolute Gasteiger partial charge is 0.254 e. The minimum atomic E-state index is -0.132. The summed E-state index contributed by atoms with van der Waals surface area (Å²) in [5.74, 6) is 1.17. The Balaban J connectivity index is 1.79. The van der Waals surface area contributed by atoms with Crippen molar-refractivity contribution in [3.05, 3.63) is 57.6 Å². The first-order valence-corrected chi connectivity index (χ1v) is 11.3. The van der Waals surface area contributed by atoms with E-state index in [1.54, 1.807) is 31.3 Å². The zero-order valence-electron chi connectivity index (χ0n) is 18.5. The third kappa shape index (κ3) is 5.03. The van der Waals surface area contributed by atoms with Crippen molar-refractivity contribution in [3.8, 4) is 11.5 Å². The van der Waals surface area contributed by atoms with E-state index in [1.807, 2.05) is 43.0 Å². The summed E-state index contributed by atoms with van der Waals surface area (Å²) in [7, 11) is 3.23. The normalized spacial score (nSPS) is 15.3. The van der Waals surface area contributed by atoms with Crippen molar-refractivity contribution >= 4 is 27.7 Å². The van der Waals surface area contributed by atoms with Crippen LogP contribution in [0.15, 0.2) is 40.9 Å². The average Bonchev–Trinajstić information content (AvgIpc) is 2.77. The van der Waals surface area contributed by atoms with Crippen LogP contribution >= 0.6 is 15.9 Å². The monoisotopic (exact) mass is 488 g/mol. The van der Waals surface area contributed by atoms with Crippen LogP contribution in [0.1, 0.15) is 47.8 Å². The van der Waals surface area contributed by atoms with Crippen LogP contribution in [0.2, 0.25) is 0 Å². The summed E-state index contributed by atoms with van der Waals surface area (Å²) in [6.07, 6.45) is 1.52. The fourth-order valence-electron chi connectivity index (χ4n) is 4.07. The van der Waals surface area contributed by atoms with Gasteiger partial charge in [0.15, 0.2) is 11.5 Å². The van der Waals surface area contributed by atoms with E-state index in [1.165, 1.54) is 0 Å². The summed E-state index contributed by atoms with van der Waals surface area (Å²) in [6, 6.07) is 11.1. The van der Waals surface area contributed by atoms with Gasteiger partial charge < -0.3 is 19.3 Å². The first-order chi connectivity index (χ1) is 14.9. The van der Waals surface area contributed by atoms with E-state index in [2.05, 4.69) is 15.9 Å². The zero-order chi connectivity index (χ0) is 22.5. The second-order valence-electron chi connectivity index (χ2n) is 7.66. The molecule has 0 bridgehead atoms. The molecule has 166 valence electrons. The van der Waals surface area contributed by atoms with Gasteiger partial charge in [-0.1, -0.05) is 28.9 Å². The lowest BCUT2D eigenvalue weighted by molar-refractivity contribution is -0.134. The molecule has 1 aliphatic heterocycles. The SMILES string of the molecule is CCCN(CC(=O)N1CCc2cc(OC)c(OC)cc2C1C)C(=O)c1cccc(Br)c1. The molecule has 6 nitrogen and oxygen atoms in total. The molecule has 0 aliphatic carbocycles. The van der Waals surface area contributed by atoms with Crippen LogP contribution in [0.3, 0.4) is 0 Å². The van der Waals surface area contributed by atoms with Gasteiger partial charge in [-0.05, 0) is 61.2 Å². The minimum absolute atomic E-state index is 0.0512. The van der Waals surface area contributed by atoms with Crippen molar-refractivity contribution in [2.24, 2.45) is 0 Å². The third-order valence-corrected chi connectivity index (χ3v) is 6.18. The van der Waals surface area contributed by atoms with E-state index < -0.39 is 0 Å². The number of fused-ring (bicyclic) bond motifs is 1. The van der Waals surface area contributed by atoms with Crippen molar-refractivity contribution in [3.63, 3.8) is 0 Å². The molecule has 1 unspecified atom stereocenters. The molecule has 2 aromatic carbocycles. The predicted molar refractivity (Wildman–Crippen MR) is 124 cm³/mol. The maximum atomic E-state index is 13.3. The molecule has 1 heterocycles. The molecule has 2 amide bonds. The van der Waals surface area contributed by atoms with Crippen LogP contribution in [-0.2, 0) is 11.2 Å². The molecule has 1 atom stereocenters. The minimum Gasteiger partial charge on any atom is -0.493 e. The van der Waals surface area contributed by atoms with Crippen LogP contribution < -0.4 is 9.47 Å². The Bertz CT molecular complexity index is 963. The van der Waals surface area contributed by atoms with Gasteiger partial charge in [0.2, 0.25) is 5.91 Å². The highest BCUT2D eigenvalue weighted by molar-refractivity contribution is 9.10. The van der Waals surface area contributed by atoms with Gasteiger partial charge in [-0.3, -0.25) is 9.59 Å². The van der Waals surface area contributed by atoms with Gasteiger partial charge >= 0.3 is 0 Å². The molecule has 2 aromatic rings. The number of methoxy groups -OCH3 is 2. The Morgan fingerprint density at radius 2 is 1.87 bits per heavy atom. The molecule has 1 aliphatic rings. The molecule has 0 saturated carbocycles. The van der Waals surface area contributed by atoms with Gasteiger partial charge in [0.1, 0.15) is 6.54 Å². The van der Waals surface area contributed by atoms with Crippen LogP contribution in [0.5, 0.6) is 11.5 Å². The second kappa shape index (κ2) is 10.2. The van der Waals surface area contributed by atoms with Gasteiger partial charge in [0.25, 0.3) is 5.91 Å². The molecule has 7 heteroatoms. The Morgan fingerprint density at radius 1 is 1.16 bits per heavy atom. The predicted octanol–water partition coefficient (Wildman–Crippen LogP) is 4.46. The van der Waals surface area contributed by atoms with Crippen molar-refractivity contribution in [2.45, 2.75) is 32.7 Å². The van der Waals surface area contributed by atoms with Gasteiger partial charge in [-0.25, -0.2) is 0 Å². The van der Waals surface area contributed by atoms with Gasteiger partial charge in [0.05, 0.1) is 20.3 Å². The number of benzene rings is 2. The number of halogens is 1. The van der Waals surface area contributed by atoms with Crippen molar-refractivity contribution in [2.75, 3.05) is 33.9 Å². The van der Waals surface area contributed by atoms with Gasteiger partial charge in [-0.15, -0.1) is 0 Å². The molecule has 0 aromatic heterocycles. The van der Waals surface area contributed by atoms with E-state index in [4.69, 9.17) is 9.47 Å². The first-order valence-electron chi connectivity index (χ1n) is 10.5. The molecule has 0 fully saturated rings. The Kier molecular flexibility index (Phi) is 7.59. The van der Waals surface area contributed by atoms with Crippen LogP contribution in [0.25, 0.3) is 0 Å². The molecule has 31 heavy (non-hydrogen) atoms. The second-order valence-corrected chi connectivity index (χ2v) is 8.57. The third-order valence-electron chi connectivity index (χ3n) is 5.68. The average molecular weight is 489 g/mol. The summed E-state index contributed by atoms with van der Waals surface area (Å²) >= 11 is 3.41. The summed E-state index contributed by atoms with van der Waals surface area (Å²) in [5, 5.41) is 0. The van der Waals surface area contributed by atoms with Crippen molar-refractivity contribution < 1.29 is 19.1 Å². The zero-order valence-corrected chi connectivity index (χ0v) is 20.1. The summed E-state index contributed by atoms with van der Waals surface area (Å²) in [4.78, 5) is 29.8. The number of carbonyl (C=O) groups is 2. The Morgan fingerprint density at radius 3 is 2.52 bits per heavy atom. The van der Waals surface area contributed by atoms with Crippen molar-refractivity contribution in [1.82, 2.24) is 9.80 Å². The standard InChI is InChI=1S/C24H29BrN2O4/c1-5-10-26(24(29)18-7-6-8-19(25)12-18)15-23(28)27-11-9-17-13-21(30-3)22(31-4)14-20(17)16(27)2/h6-8,12-14,16H,5,9-11,15H2,1-4H3. The topological polar surface area (TPSA) is 59.1 Å². The summed E-state index contributed by atoms with van der Waals surface area (Å²) in [6.45, 7) is 5.22. The number of rotatable bonds is 7. The van der Waals surface area contributed by atoms with E-state index >= 15 is 0 Å². The largest absolute Gasteiger partial charge is 0.493 e. The number of hydrogen-bond acceptors (Lipinski definition) is 4. The summed E-state index contributed by atoms with van der Waals surface area (Å²) < 4.78 is 11.7. The highest BCUT2D eigenvalue weighted by Gasteiger charge is 2.31. The van der Waals surface area contributed by atoms with Gasteiger partial charge in [-0.2, -0.15) is 0 Å². The summed E-state index contributed by atoms with van der Waals surface area (Å²) in [5.41, 5.74) is 2.78. The van der Waals surface area contributed by atoms with E-state index in [9.17, 15) is 9.59 Å². The number of nitrogens with zero attached hydrogens (tertiary/aromatic N) is 2. The quantitative estimate of drug-likeness (QED) is 0.576. The van der Waals surface area contributed by atoms with Crippen LogP contribution in [-0.4, -0.2) is 55.5 Å². The lowest BCUT2D eigenvalue weighted by atomic mass is 9.92. The Hall–Kier alpha value is -2.54. The molecular formula is C24H29BrN2O4. The number of amides is 2. The maximum Gasteiger partial charge on any atom is 0.254 e. The number of carbonyl (C=O) groups excluding carboxylic acids is 2. The van der Waals surface area contributed by atoms with Crippen LogP contribution in [0, 0.1) is 0 Å². The van der Waals surface area contributed by atoms with Crippen LogP contribution in [0.4, 0.5) is 0 Å². The molecule has 0 radical (unpaired) electrons. The fourth-order valence-corrected chi connectivity index (χ4v) is 4.47. The molecular weight excluding hydrogens is 460 g/mol. The van der Waals surface area contributed by atoms with Gasteiger partial charge in [0, 0.05) is 23.1 Å². The van der Waals surface area contributed by atoms with E-state index in [0.717, 1.165) is 28.4 Å². The molecule has 0 saturated heterocycles. The van der Waals surface area contributed by atoms with Crippen molar-refractivity contribution in [1.29, 1.82) is 0 Å². The molecule has 0 spiro atoms. The number of hydrogen-bond donors (Lipinski definition) is 0. The lowest BCUT2D eigenvalue weighted by Gasteiger charge is -2.37. The highest BCUT2D eigenvalue weighted by Crippen LogP contribution is 2.38.